The molecule has 0 radical (unpaired) electrons. The molecule has 9 nitrogen and oxygen atoms in total. The number of rotatable bonds is 5. The first-order chi connectivity index (χ1) is 29.1. The van der Waals surface area contributed by atoms with Crippen LogP contribution in [-0.4, -0.2) is 58.3 Å². The fourth-order valence-corrected chi connectivity index (χ4v) is 7.70. The molecule has 2 fully saturated rings. The summed E-state index contributed by atoms with van der Waals surface area (Å²) in [7, 11) is -4.44. The second-order valence-electron chi connectivity index (χ2n) is 14.8. The smallest absolute Gasteiger partial charge is 0.433 e. The number of quaternary nitrogens is 2. The molecule has 6 N–H and O–H groups in total. The SMILES string of the molecule is O=S(=O)([O-])c1ccc(F)cc1.OC(c1cc(C(F)(F)F)nc2cc(C(F)(F)F)ccc12)C1CCCC[NH2+]1.OC(c1cc(C(F)(F)F)nc2cc(C(F)(F)F)ccc12)C1CCCC[NH2+]1.[Cl-]. The van der Waals surface area contributed by atoms with Gasteiger partial charge in [0.05, 0.1) is 40.1 Å². The molecule has 5 aromatic rings. The van der Waals surface area contributed by atoms with Gasteiger partial charge in [-0.3, -0.25) is 0 Å². The third-order valence-electron chi connectivity index (χ3n) is 10.4. The standard InChI is InChI=1S/2C17H16F6N2O.C6H5FO3S.ClH/c2*18-16(19,20)9-4-5-10-11(15(26)12-3-1-2-6-24-12)8-14(17(21,22)23)25-13(10)7-9;7-5-1-3-6(4-2-5)11(8,9)10;/h2*4-5,7-8,12,15,24,26H,1-3,6H2;1-4H,(H,8,9,10);1H. The van der Waals surface area contributed by atoms with Crippen LogP contribution in [0, 0.1) is 5.82 Å². The third-order valence-corrected chi connectivity index (χ3v) is 11.2. The molecule has 352 valence electrons. The largest absolute Gasteiger partial charge is 1.00 e. The van der Waals surface area contributed by atoms with Gasteiger partial charge in [-0.25, -0.2) is 22.8 Å². The maximum absolute atomic E-state index is 13.2. The van der Waals surface area contributed by atoms with E-state index in [9.17, 15) is 80.3 Å². The zero-order valence-electron chi connectivity index (χ0n) is 32.8. The number of fused-ring (bicyclic) bond motifs is 2. The summed E-state index contributed by atoms with van der Waals surface area (Å²) in [6, 6.07) is 9.42. The number of piperidine rings is 2. The predicted octanol–water partition coefficient (Wildman–Crippen LogP) is 4.58. The van der Waals surface area contributed by atoms with E-state index in [0.29, 0.717) is 25.0 Å². The van der Waals surface area contributed by atoms with Crippen molar-refractivity contribution in [2.24, 2.45) is 0 Å². The molecule has 2 aromatic heterocycles. The topological polar surface area (TPSA) is 157 Å². The number of aromatic nitrogens is 2. The van der Waals surface area contributed by atoms with E-state index in [2.05, 4.69) is 9.97 Å². The van der Waals surface area contributed by atoms with Gasteiger partial charge < -0.3 is 37.8 Å². The van der Waals surface area contributed by atoms with Crippen molar-refractivity contribution in [1.29, 1.82) is 0 Å². The Morgan fingerprint density at radius 2 is 0.953 bits per heavy atom. The van der Waals surface area contributed by atoms with Crippen LogP contribution in [0.15, 0.2) is 77.7 Å². The highest BCUT2D eigenvalue weighted by atomic mass is 35.5. The normalized spacial score (nSPS) is 18.5. The van der Waals surface area contributed by atoms with Crippen LogP contribution in [0.1, 0.15) is 84.4 Å². The average molecular weight is 969 g/mol. The number of nitrogens with two attached hydrogens (primary N) is 2. The summed E-state index contributed by atoms with van der Waals surface area (Å²) >= 11 is 0. The third kappa shape index (κ3) is 13.3. The van der Waals surface area contributed by atoms with E-state index in [1.165, 1.54) is 0 Å². The molecule has 2 aliphatic heterocycles. The lowest BCUT2D eigenvalue weighted by atomic mass is 9.92. The minimum absolute atomic E-state index is 0. The first-order valence-electron chi connectivity index (χ1n) is 19.1. The quantitative estimate of drug-likeness (QED) is 0.149. The van der Waals surface area contributed by atoms with Gasteiger partial charge in [-0.15, -0.1) is 0 Å². The average Bonchev–Trinajstić information content (AvgIpc) is 3.21. The lowest BCUT2D eigenvalue weighted by Gasteiger charge is -2.26. The number of aliphatic hydroxyl groups excluding tert-OH is 2. The molecule has 0 aliphatic carbocycles. The first kappa shape index (κ1) is 52.2. The number of alkyl halides is 12. The van der Waals surface area contributed by atoms with Crippen molar-refractivity contribution in [3.63, 3.8) is 0 Å². The Morgan fingerprint density at radius 1 is 0.578 bits per heavy atom. The molecule has 2 aliphatic rings. The van der Waals surface area contributed by atoms with Crippen LogP contribution in [0.3, 0.4) is 0 Å². The number of benzene rings is 3. The molecule has 0 spiro atoms. The molecule has 4 unspecified atom stereocenters. The summed E-state index contributed by atoms with van der Waals surface area (Å²) in [5.41, 5.74) is -5.73. The van der Waals surface area contributed by atoms with Crippen molar-refractivity contribution in [2.45, 2.75) is 92.4 Å². The number of hydrogen-bond acceptors (Lipinski definition) is 7. The van der Waals surface area contributed by atoms with Gasteiger partial charge in [0.1, 0.15) is 51.6 Å². The number of pyridine rings is 2. The van der Waals surface area contributed by atoms with Crippen molar-refractivity contribution in [2.75, 3.05) is 13.1 Å². The van der Waals surface area contributed by atoms with Crippen LogP contribution in [0.25, 0.3) is 21.8 Å². The van der Waals surface area contributed by atoms with E-state index in [1.807, 2.05) is 10.6 Å². The predicted molar refractivity (Wildman–Crippen MR) is 197 cm³/mol. The zero-order chi connectivity index (χ0) is 46.7. The summed E-state index contributed by atoms with van der Waals surface area (Å²) in [5, 5.41) is 25.1. The Morgan fingerprint density at radius 3 is 1.25 bits per heavy atom. The highest BCUT2D eigenvalue weighted by Gasteiger charge is 2.39. The number of hydrogen-bond donors (Lipinski definition) is 4. The van der Waals surface area contributed by atoms with Crippen LogP contribution in [0.5, 0.6) is 0 Å². The van der Waals surface area contributed by atoms with Gasteiger partial charge in [0.25, 0.3) is 0 Å². The van der Waals surface area contributed by atoms with Gasteiger partial charge in [0, 0.05) is 23.6 Å². The van der Waals surface area contributed by atoms with Crippen molar-refractivity contribution >= 4 is 31.9 Å². The summed E-state index contributed by atoms with van der Waals surface area (Å²) in [6.07, 6.45) is -16.7. The number of nitrogens with zero attached hydrogens (tertiary/aromatic N) is 2. The van der Waals surface area contributed by atoms with Gasteiger partial charge in [0.2, 0.25) is 0 Å². The molecular formula is C40H38ClF13N4O5S. The monoisotopic (exact) mass is 968 g/mol. The molecule has 2 saturated heterocycles. The van der Waals surface area contributed by atoms with E-state index < -0.39 is 91.3 Å². The lowest BCUT2D eigenvalue weighted by Crippen LogP contribution is -3.00. The van der Waals surface area contributed by atoms with Crippen LogP contribution in [0.4, 0.5) is 57.1 Å². The van der Waals surface area contributed by atoms with Crippen molar-refractivity contribution < 1.29 is 103 Å². The van der Waals surface area contributed by atoms with Gasteiger partial charge in [0.15, 0.2) is 0 Å². The zero-order valence-corrected chi connectivity index (χ0v) is 34.3. The van der Waals surface area contributed by atoms with Crippen LogP contribution < -0.4 is 23.0 Å². The first-order valence-corrected chi connectivity index (χ1v) is 20.5. The highest BCUT2D eigenvalue weighted by Crippen LogP contribution is 2.39. The fourth-order valence-electron chi connectivity index (χ4n) is 7.23. The molecule has 0 bridgehead atoms. The molecule has 4 heterocycles. The Hall–Kier alpha value is -4.39. The summed E-state index contributed by atoms with van der Waals surface area (Å²) < 4.78 is 199. The van der Waals surface area contributed by atoms with Gasteiger partial charge >= 0.3 is 24.7 Å². The van der Waals surface area contributed by atoms with Gasteiger partial charge in [-0.05, 0) is 97.5 Å². The molecule has 7 rings (SSSR count). The Labute approximate surface area is 362 Å². The summed E-state index contributed by atoms with van der Waals surface area (Å²) in [4.78, 5) is 6.31. The summed E-state index contributed by atoms with van der Waals surface area (Å²) in [6.45, 7) is 1.49. The second-order valence-corrected chi connectivity index (χ2v) is 16.2. The molecule has 4 atom stereocenters. The Balaban J connectivity index is 0.000000225. The maximum atomic E-state index is 13.2. The van der Waals surface area contributed by atoms with Crippen LogP contribution >= 0.6 is 0 Å². The highest BCUT2D eigenvalue weighted by molar-refractivity contribution is 7.85. The minimum Gasteiger partial charge on any atom is -1.00 e. The molecule has 0 amide bonds. The number of halogens is 14. The molecule has 24 heteroatoms. The number of aliphatic hydroxyl groups is 2. The second kappa shape index (κ2) is 20.4. The van der Waals surface area contributed by atoms with Crippen molar-refractivity contribution in [3.8, 4) is 0 Å². The van der Waals surface area contributed by atoms with Gasteiger partial charge in [-0.1, -0.05) is 12.1 Å². The van der Waals surface area contributed by atoms with Crippen molar-refractivity contribution in [3.05, 3.63) is 112 Å². The van der Waals surface area contributed by atoms with E-state index in [-0.39, 0.29) is 46.4 Å². The van der Waals surface area contributed by atoms with E-state index >= 15 is 0 Å². The molecule has 64 heavy (non-hydrogen) atoms. The Kier molecular flexibility index (Phi) is 16.7. The maximum Gasteiger partial charge on any atom is 0.433 e. The van der Waals surface area contributed by atoms with Crippen LogP contribution in [-0.2, 0) is 34.8 Å². The van der Waals surface area contributed by atoms with E-state index in [0.717, 1.165) is 99.4 Å². The lowest BCUT2D eigenvalue weighted by molar-refractivity contribution is -0.705. The van der Waals surface area contributed by atoms with Crippen molar-refractivity contribution in [1.82, 2.24) is 9.97 Å². The van der Waals surface area contributed by atoms with E-state index in [4.69, 9.17) is 0 Å². The Bertz CT molecular complexity index is 2330. The molecule has 3 aromatic carbocycles. The van der Waals surface area contributed by atoms with Crippen LogP contribution in [0.2, 0.25) is 0 Å². The fraction of sp³-hybridized carbons (Fsp3) is 0.400. The molecule has 0 saturated carbocycles. The van der Waals surface area contributed by atoms with Gasteiger partial charge in [-0.2, -0.15) is 52.7 Å². The molecular weight excluding hydrogens is 931 g/mol. The van der Waals surface area contributed by atoms with E-state index in [1.54, 1.807) is 0 Å². The summed E-state index contributed by atoms with van der Waals surface area (Å²) in [5.74, 6) is -0.572. The minimum atomic E-state index is -4.83.